The lowest BCUT2D eigenvalue weighted by Crippen LogP contribution is -2.30. The second-order valence-electron chi connectivity index (χ2n) is 5.27. The van der Waals surface area contributed by atoms with Crippen molar-refractivity contribution < 1.29 is 14.7 Å². The van der Waals surface area contributed by atoms with Crippen molar-refractivity contribution in [1.29, 1.82) is 0 Å². The van der Waals surface area contributed by atoms with Crippen LogP contribution in [0.1, 0.15) is 37.7 Å². The Labute approximate surface area is 144 Å². The van der Waals surface area contributed by atoms with Crippen molar-refractivity contribution in [3.05, 3.63) is 33.4 Å². The molecule has 6 heteroatoms. The monoisotopic (exact) mass is 418 g/mol. The predicted octanol–water partition coefficient (Wildman–Crippen LogP) is 2.31. The number of carboxylic acids is 1. The van der Waals surface area contributed by atoms with E-state index in [2.05, 4.69) is 52.2 Å². The van der Waals surface area contributed by atoms with Crippen molar-refractivity contribution in [2.45, 2.75) is 44.6 Å². The number of carboxylic acid groups (broad SMARTS) is 1. The molecular weight excluding hydrogens is 395 g/mol. The number of halogens is 1. The summed E-state index contributed by atoms with van der Waals surface area (Å²) < 4.78 is 1.21. The Balaban J connectivity index is 2.04. The molecule has 122 valence electrons. The molecule has 1 rings (SSSR count). The molecule has 0 radical (unpaired) electrons. The molecule has 0 aliphatic heterocycles. The average Bonchev–Trinajstić information content (AvgIpc) is 2.48. The Kier molecular flexibility index (Phi) is 9.07. The number of hydrogen-bond donors (Lipinski definition) is 3. The zero-order chi connectivity index (χ0) is 16.4. The molecule has 1 unspecified atom stereocenters. The van der Waals surface area contributed by atoms with Gasteiger partial charge in [0.15, 0.2) is 0 Å². The van der Waals surface area contributed by atoms with Crippen LogP contribution < -0.4 is 11.1 Å². The van der Waals surface area contributed by atoms with Crippen LogP contribution in [0.15, 0.2) is 24.3 Å². The highest BCUT2D eigenvalue weighted by Crippen LogP contribution is 2.09. The molecule has 1 atom stereocenters. The highest BCUT2D eigenvalue weighted by atomic mass is 127. The molecule has 1 aromatic carbocycles. The highest BCUT2D eigenvalue weighted by Gasteiger charge is 2.10. The average molecular weight is 418 g/mol. The summed E-state index contributed by atoms with van der Waals surface area (Å²) in [6, 6.07) is 7.51. The van der Waals surface area contributed by atoms with Crippen LogP contribution in [0, 0.1) is 3.57 Å². The minimum Gasteiger partial charge on any atom is -0.480 e. The van der Waals surface area contributed by atoms with Crippen molar-refractivity contribution in [3.63, 3.8) is 0 Å². The normalized spacial score (nSPS) is 11.9. The number of hydrogen-bond acceptors (Lipinski definition) is 3. The summed E-state index contributed by atoms with van der Waals surface area (Å²) in [5.74, 6) is -0.923. The topological polar surface area (TPSA) is 92.4 Å². The molecule has 0 heterocycles. The van der Waals surface area contributed by atoms with Crippen LogP contribution in [0.2, 0.25) is 0 Å². The Morgan fingerprint density at radius 2 is 1.86 bits per heavy atom. The number of aliphatic carboxylic acids is 1. The molecule has 1 amide bonds. The van der Waals surface area contributed by atoms with Gasteiger partial charge < -0.3 is 16.2 Å². The number of unbranched alkanes of at least 4 members (excludes halogenated alkanes) is 1. The van der Waals surface area contributed by atoms with E-state index in [1.54, 1.807) is 0 Å². The number of benzene rings is 1. The highest BCUT2D eigenvalue weighted by molar-refractivity contribution is 14.1. The number of carbonyl (C=O) groups is 2. The van der Waals surface area contributed by atoms with E-state index in [0.717, 1.165) is 19.3 Å². The minimum atomic E-state index is -0.973. The van der Waals surface area contributed by atoms with Gasteiger partial charge in [-0.3, -0.25) is 9.59 Å². The minimum absolute atomic E-state index is 0.0491. The van der Waals surface area contributed by atoms with Crippen LogP contribution in [0.4, 0.5) is 0 Å². The van der Waals surface area contributed by atoms with Crippen molar-refractivity contribution in [1.82, 2.24) is 5.32 Å². The SMILES string of the molecule is NC(CCCCNC(=O)CCCc1ccc(I)cc1)C(=O)O. The van der Waals surface area contributed by atoms with E-state index in [1.807, 2.05) is 0 Å². The first-order valence-corrected chi connectivity index (χ1v) is 8.56. The molecule has 0 aliphatic carbocycles. The third-order valence-corrected chi connectivity index (χ3v) is 4.08. The molecule has 0 bridgehead atoms. The summed E-state index contributed by atoms with van der Waals surface area (Å²) in [7, 11) is 0. The van der Waals surface area contributed by atoms with Gasteiger partial charge in [-0.1, -0.05) is 12.1 Å². The van der Waals surface area contributed by atoms with Crippen molar-refractivity contribution in [2.75, 3.05) is 6.54 Å². The van der Waals surface area contributed by atoms with Crippen LogP contribution in [0.25, 0.3) is 0 Å². The standard InChI is InChI=1S/C16H23IN2O3/c17-13-9-7-12(8-10-13)4-3-6-15(20)19-11-2-1-5-14(18)16(21)22/h7-10,14H,1-6,11,18H2,(H,19,20)(H,21,22). The largest absolute Gasteiger partial charge is 0.480 e. The summed E-state index contributed by atoms with van der Waals surface area (Å²) in [5, 5.41) is 11.5. The first kappa shape index (κ1) is 18.9. The summed E-state index contributed by atoms with van der Waals surface area (Å²) >= 11 is 2.27. The number of nitrogens with one attached hydrogen (secondary N) is 1. The number of rotatable bonds is 10. The fourth-order valence-corrected chi connectivity index (χ4v) is 2.39. The van der Waals surface area contributed by atoms with Crippen molar-refractivity contribution >= 4 is 34.5 Å². The molecule has 0 fully saturated rings. The summed E-state index contributed by atoms with van der Waals surface area (Å²) in [4.78, 5) is 22.2. The quantitative estimate of drug-likeness (QED) is 0.402. The maximum absolute atomic E-state index is 11.7. The summed E-state index contributed by atoms with van der Waals surface area (Å²) in [6.45, 7) is 0.578. The van der Waals surface area contributed by atoms with Crippen LogP contribution in [0.5, 0.6) is 0 Å². The van der Waals surface area contributed by atoms with Gasteiger partial charge in [-0.25, -0.2) is 0 Å². The Morgan fingerprint density at radius 1 is 1.18 bits per heavy atom. The van der Waals surface area contributed by atoms with Crippen molar-refractivity contribution in [3.8, 4) is 0 Å². The molecule has 0 spiro atoms. The van der Waals surface area contributed by atoms with E-state index in [1.165, 1.54) is 9.13 Å². The fourth-order valence-electron chi connectivity index (χ4n) is 2.03. The molecular formula is C16H23IN2O3. The molecule has 0 aliphatic rings. The van der Waals surface area contributed by atoms with Gasteiger partial charge in [0, 0.05) is 16.5 Å². The molecule has 22 heavy (non-hydrogen) atoms. The zero-order valence-electron chi connectivity index (χ0n) is 12.6. The van der Waals surface area contributed by atoms with Crippen LogP contribution in [-0.2, 0) is 16.0 Å². The fraction of sp³-hybridized carbons (Fsp3) is 0.500. The van der Waals surface area contributed by atoms with Gasteiger partial charge in [-0.2, -0.15) is 0 Å². The number of aryl methyl sites for hydroxylation is 1. The predicted molar refractivity (Wildman–Crippen MR) is 94.6 cm³/mol. The Morgan fingerprint density at radius 3 is 2.50 bits per heavy atom. The van der Waals surface area contributed by atoms with Crippen LogP contribution >= 0.6 is 22.6 Å². The first-order valence-electron chi connectivity index (χ1n) is 7.48. The van der Waals surface area contributed by atoms with Gasteiger partial charge in [0.25, 0.3) is 0 Å². The van der Waals surface area contributed by atoms with E-state index < -0.39 is 12.0 Å². The Bertz CT molecular complexity index is 477. The van der Waals surface area contributed by atoms with E-state index in [-0.39, 0.29) is 5.91 Å². The van der Waals surface area contributed by atoms with Crippen molar-refractivity contribution in [2.24, 2.45) is 5.73 Å². The van der Waals surface area contributed by atoms with Crippen LogP contribution in [-0.4, -0.2) is 29.6 Å². The number of carbonyl (C=O) groups excluding carboxylic acids is 1. The number of amides is 1. The molecule has 5 nitrogen and oxygen atoms in total. The maximum atomic E-state index is 11.7. The third kappa shape index (κ3) is 8.33. The molecule has 0 saturated carbocycles. The van der Waals surface area contributed by atoms with Gasteiger partial charge >= 0.3 is 5.97 Å². The van der Waals surface area contributed by atoms with Gasteiger partial charge in [0.05, 0.1) is 0 Å². The van der Waals surface area contributed by atoms with Gasteiger partial charge in [-0.15, -0.1) is 0 Å². The van der Waals surface area contributed by atoms with E-state index in [4.69, 9.17) is 10.8 Å². The van der Waals surface area contributed by atoms with Gasteiger partial charge in [0.1, 0.15) is 6.04 Å². The summed E-state index contributed by atoms with van der Waals surface area (Å²) in [6.07, 6.45) is 4.15. The van der Waals surface area contributed by atoms with E-state index in [0.29, 0.717) is 25.8 Å². The molecule has 4 N–H and O–H groups in total. The van der Waals surface area contributed by atoms with E-state index in [9.17, 15) is 9.59 Å². The third-order valence-electron chi connectivity index (χ3n) is 3.36. The lowest BCUT2D eigenvalue weighted by molar-refractivity contribution is -0.138. The summed E-state index contributed by atoms with van der Waals surface area (Å²) in [5.41, 5.74) is 6.65. The van der Waals surface area contributed by atoms with E-state index >= 15 is 0 Å². The van der Waals surface area contributed by atoms with Gasteiger partial charge in [0.2, 0.25) is 5.91 Å². The number of nitrogens with two attached hydrogens (primary N) is 1. The zero-order valence-corrected chi connectivity index (χ0v) is 14.7. The Hall–Kier alpha value is -1.15. The lowest BCUT2D eigenvalue weighted by Gasteiger charge is -2.07. The van der Waals surface area contributed by atoms with Crippen LogP contribution in [0.3, 0.4) is 0 Å². The second-order valence-corrected chi connectivity index (χ2v) is 6.52. The smallest absolute Gasteiger partial charge is 0.320 e. The van der Waals surface area contributed by atoms with Gasteiger partial charge in [-0.05, 0) is 72.4 Å². The maximum Gasteiger partial charge on any atom is 0.320 e. The molecule has 1 aromatic rings. The first-order chi connectivity index (χ1) is 10.5. The lowest BCUT2D eigenvalue weighted by atomic mass is 10.1. The molecule has 0 aromatic heterocycles. The second kappa shape index (κ2) is 10.6. The molecule has 0 saturated heterocycles.